The van der Waals surface area contributed by atoms with Crippen molar-refractivity contribution in [2.75, 3.05) is 19.6 Å². The second-order valence-electron chi connectivity index (χ2n) is 4.48. The molecular formula is C13H20N2O. The van der Waals surface area contributed by atoms with Gasteiger partial charge in [0.15, 0.2) is 0 Å². The molecule has 0 bridgehead atoms. The maximum absolute atomic E-state index is 8.82. The van der Waals surface area contributed by atoms with Gasteiger partial charge in [-0.05, 0) is 37.9 Å². The second kappa shape index (κ2) is 5.99. The van der Waals surface area contributed by atoms with Gasteiger partial charge in [-0.3, -0.25) is 0 Å². The van der Waals surface area contributed by atoms with Gasteiger partial charge in [0.25, 0.3) is 0 Å². The monoisotopic (exact) mass is 220 g/mol. The fraction of sp³-hybridized carbons (Fsp3) is 0.538. The standard InChI is InChI=1S/C13H20N2O/c16-14-13-7-10-15(11-8-13)9-6-12-4-2-1-3-5-12/h1-5,13-14,16H,6-11H2. The molecule has 1 fully saturated rings. The quantitative estimate of drug-likeness (QED) is 0.758. The van der Waals surface area contributed by atoms with Crippen molar-refractivity contribution in [2.24, 2.45) is 0 Å². The summed E-state index contributed by atoms with van der Waals surface area (Å²) in [6, 6.07) is 10.9. The smallest absolute Gasteiger partial charge is 0.0344 e. The molecule has 2 N–H and O–H groups in total. The van der Waals surface area contributed by atoms with E-state index in [0.717, 1.165) is 38.9 Å². The molecule has 3 nitrogen and oxygen atoms in total. The minimum absolute atomic E-state index is 0.299. The zero-order chi connectivity index (χ0) is 11.2. The lowest BCUT2D eigenvalue weighted by molar-refractivity contribution is 0.0831. The largest absolute Gasteiger partial charge is 0.317 e. The van der Waals surface area contributed by atoms with Gasteiger partial charge in [-0.2, -0.15) is 0 Å². The van der Waals surface area contributed by atoms with Crippen molar-refractivity contribution in [3.8, 4) is 0 Å². The molecule has 0 amide bonds. The Hall–Kier alpha value is -0.900. The first-order valence-electron chi connectivity index (χ1n) is 6.04. The third-order valence-corrected chi connectivity index (χ3v) is 3.33. The van der Waals surface area contributed by atoms with Gasteiger partial charge in [0.1, 0.15) is 0 Å². The van der Waals surface area contributed by atoms with Crippen LogP contribution in [-0.2, 0) is 6.42 Å². The number of piperidine rings is 1. The third-order valence-electron chi connectivity index (χ3n) is 3.33. The minimum Gasteiger partial charge on any atom is -0.317 e. The first-order valence-corrected chi connectivity index (χ1v) is 6.04. The van der Waals surface area contributed by atoms with Crippen LogP contribution in [0.25, 0.3) is 0 Å². The van der Waals surface area contributed by atoms with Crippen LogP contribution in [0.4, 0.5) is 0 Å². The Labute approximate surface area is 97.0 Å². The summed E-state index contributed by atoms with van der Waals surface area (Å²) in [4.78, 5) is 2.47. The van der Waals surface area contributed by atoms with E-state index in [-0.39, 0.29) is 0 Å². The molecule has 1 heterocycles. The molecule has 1 aliphatic rings. The summed E-state index contributed by atoms with van der Waals surface area (Å²) in [5, 5.41) is 8.82. The maximum Gasteiger partial charge on any atom is 0.0344 e. The van der Waals surface area contributed by atoms with Gasteiger partial charge in [-0.1, -0.05) is 30.3 Å². The number of benzene rings is 1. The number of likely N-dealkylation sites (tertiary alicyclic amines) is 1. The molecule has 16 heavy (non-hydrogen) atoms. The molecule has 0 spiro atoms. The average Bonchev–Trinajstić information content (AvgIpc) is 2.38. The molecular weight excluding hydrogens is 200 g/mol. The highest BCUT2D eigenvalue weighted by atomic mass is 16.5. The molecule has 1 aromatic rings. The van der Waals surface area contributed by atoms with Crippen molar-refractivity contribution in [3.05, 3.63) is 35.9 Å². The topological polar surface area (TPSA) is 35.5 Å². The zero-order valence-electron chi connectivity index (χ0n) is 9.60. The second-order valence-corrected chi connectivity index (χ2v) is 4.48. The van der Waals surface area contributed by atoms with Gasteiger partial charge >= 0.3 is 0 Å². The van der Waals surface area contributed by atoms with Crippen LogP contribution in [0.3, 0.4) is 0 Å². The summed E-state index contributed by atoms with van der Waals surface area (Å²) in [7, 11) is 0. The Morgan fingerprint density at radius 3 is 2.50 bits per heavy atom. The first-order chi connectivity index (χ1) is 7.88. The van der Waals surface area contributed by atoms with Crippen molar-refractivity contribution in [2.45, 2.75) is 25.3 Å². The molecule has 0 aliphatic carbocycles. The highest BCUT2D eigenvalue weighted by molar-refractivity contribution is 5.14. The molecule has 0 radical (unpaired) electrons. The fourth-order valence-electron chi connectivity index (χ4n) is 2.22. The van der Waals surface area contributed by atoms with Crippen LogP contribution in [-0.4, -0.2) is 35.8 Å². The Balaban J connectivity index is 1.72. The Morgan fingerprint density at radius 1 is 1.19 bits per heavy atom. The summed E-state index contributed by atoms with van der Waals surface area (Å²) in [5.41, 5.74) is 3.78. The molecule has 3 heteroatoms. The predicted octanol–water partition coefficient (Wildman–Crippen LogP) is 1.67. The first kappa shape index (κ1) is 11.6. The Kier molecular flexibility index (Phi) is 4.34. The number of nitrogens with one attached hydrogen (secondary N) is 1. The average molecular weight is 220 g/mol. The summed E-state index contributed by atoms with van der Waals surface area (Å²) >= 11 is 0. The minimum atomic E-state index is 0.299. The molecule has 1 saturated heterocycles. The lowest BCUT2D eigenvalue weighted by Crippen LogP contribution is -2.42. The lowest BCUT2D eigenvalue weighted by Gasteiger charge is -2.31. The maximum atomic E-state index is 8.82. The SMILES string of the molecule is ONC1CCN(CCc2ccccc2)CC1. The third kappa shape index (κ3) is 3.30. The van der Waals surface area contributed by atoms with Gasteiger partial charge in [-0.15, -0.1) is 0 Å². The van der Waals surface area contributed by atoms with Crippen molar-refractivity contribution < 1.29 is 5.21 Å². The van der Waals surface area contributed by atoms with E-state index in [1.807, 2.05) is 0 Å². The van der Waals surface area contributed by atoms with E-state index < -0.39 is 0 Å². The number of hydroxylamine groups is 1. The van der Waals surface area contributed by atoms with Crippen molar-refractivity contribution in [3.63, 3.8) is 0 Å². The summed E-state index contributed by atoms with van der Waals surface area (Å²) < 4.78 is 0. The molecule has 0 atom stereocenters. The van der Waals surface area contributed by atoms with Crippen LogP contribution in [0.1, 0.15) is 18.4 Å². The predicted molar refractivity (Wildman–Crippen MR) is 64.5 cm³/mol. The summed E-state index contributed by atoms with van der Waals surface area (Å²) in [6.45, 7) is 3.30. The van der Waals surface area contributed by atoms with E-state index in [4.69, 9.17) is 5.21 Å². The summed E-state index contributed by atoms with van der Waals surface area (Å²) in [6.07, 6.45) is 3.22. The van der Waals surface area contributed by atoms with E-state index in [0.29, 0.717) is 6.04 Å². The molecule has 0 aromatic heterocycles. The number of nitrogens with zero attached hydrogens (tertiary/aromatic N) is 1. The molecule has 88 valence electrons. The van der Waals surface area contributed by atoms with Crippen molar-refractivity contribution >= 4 is 0 Å². The van der Waals surface area contributed by atoms with Gasteiger partial charge < -0.3 is 10.1 Å². The van der Waals surface area contributed by atoms with Gasteiger partial charge in [-0.25, -0.2) is 5.48 Å². The Morgan fingerprint density at radius 2 is 1.88 bits per heavy atom. The van der Waals surface area contributed by atoms with E-state index in [1.54, 1.807) is 0 Å². The van der Waals surface area contributed by atoms with Crippen molar-refractivity contribution in [1.29, 1.82) is 0 Å². The zero-order valence-corrected chi connectivity index (χ0v) is 9.60. The van der Waals surface area contributed by atoms with Gasteiger partial charge in [0.05, 0.1) is 0 Å². The highest BCUT2D eigenvalue weighted by Crippen LogP contribution is 2.10. The van der Waals surface area contributed by atoms with Crippen LogP contribution in [0.5, 0.6) is 0 Å². The van der Waals surface area contributed by atoms with E-state index in [9.17, 15) is 0 Å². The molecule has 2 rings (SSSR count). The molecule has 1 aromatic carbocycles. The summed E-state index contributed by atoms with van der Waals surface area (Å²) in [5.74, 6) is 0. The van der Waals surface area contributed by atoms with Crippen LogP contribution >= 0.6 is 0 Å². The van der Waals surface area contributed by atoms with Crippen LogP contribution in [0, 0.1) is 0 Å². The van der Waals surface area contributed by atoms with Gasteiger partial charge in [0, 0.05) is 12.6 Å². The fourth-order valence-corrected chi connectivity index (χ4v) is 2.22. The van der Waals surface area contributed by atoms with Crippen LogP contribution in [0.2, 0.25) is 0 Å². The molecule has 1 aliphatic heterocycles. The van der Waals surface area contributed by atoms with Gasteiger partial charge in [0.2, 0.25) is 0 Å². The van der Waals surface area contributed by atoms with E-state index >= 15 is 0 Å². The van der Waals surface area contributed by atoms with Crippen LogP contribution in [0.15, 0.2) is 30.3 Å². The number of rotatable bonds is 4. The number of hydrogen-bond donors (Lipinski definition) is 2. The van der Waals surface area contributed by atoms with E-state index in [2.05, 4.69) is 40.7 Å². The van der Waals surface area contributed by atoms with Crippen LogP contribution < -0.4 is 5.48 Å². The van der Waals surface area contributed by atoms with E-state index in [1.165, 1.54) is 5.56 Å². The van der Waals surface area contributed by atoms with Crippen molar-refractivity contribution in [1.82, 2.24) is 10.4 Å². The molecule has 0 unspecified atom stereocenters. The lowest BCUT2D eigenvalue weighted by atomic mass is 10.1. The normalized spacial score (nSPS) is 18.8. The Bertz CT molecular complexity index is 294. The molecule has 0 saturated carbocycles. The highest BCUT2D eigenvalue weighted by Gasteiger charge is 2.17. The number of hydrogen-bond acceptors (Lipinski definition) is 3.